The van der Waals surface area contributed by atoms with E-state index in [4.69, 9.17) is 0 Å². The van der Waals surface area contributed by atoms with E-state index in [1.165, 1.54) is 0 Å². The first-order valence-electron chi connectivity index (χ1n) is 3.41. The summed E-state index contributed by atoms with van der Waals surface area (Å²) in [5, 5.41) is 0. The molecule has 0 bridgehead atoms. The van der Waals surface area contributed by atoms with Crippen LogP contribution in [0.5, 0.6) is 0 Å². The Morgan fingerprint density at radius 1 is 1.73 bits per heavy atom. The molecule has 11 heavy (non-hydrogen) atoms. The molecule has 0 saturated carbocycles. The summed E-state index contributed by atoms with van der Waals surface area (Å²) in [5.74, 6) is 0.177. The third kappa shape index (κ3) is 2.19. The average Bonchev–Trinajstić information content (AvgIpc) is 2.09. The van der Waals surface area contributed by atoms with Gasteiger partial charge in [-0.25, -0.2) is 0 Å². The Morgan fingerprint density at radius 2 is 2.36 bits per heavy atom. The lowest BCUT2D eigenvalue weighted by atomic mass is 10.4. The van der Waals surface area contributed by atoms with Gasteiger partial charge in [-0.1, -0.05) is 0 Å². The van der Waals surface area contributed by atoms with Crippen LogP contribution in [0.15, 0.2) is 16.7 Å². The van der Waals surface area contributed by atoms with E-state index in [0.29, 0.717) is 6.54 Å². The molecule has 60 valence electrons. The fraction of sp³-hybridized carbons (Fsp3) is 0.375. The Balaban J connectivity index is 2.85. The summed E-state index contributed by atoms with van der Waals surface area (Å²) in [6.45, 7) is 4.04. The third-order valence-corrected chi connectivity index (χ3v) is 1.91. The number of aryl methyl sites for hydroxylation is 1. The predicted molar refractivity (Wildman–Crippen MR) is 47.6 cm³/mol. The van der Waals surface area contributed by atoms with Crippen LogP contribution < -0.4 is 0 Å². The number of hydrogen-bond acceptors (Lipinski definition) is 1. The lowest BCUT2D eigenvalue weighted by Gasteiger charge is -2.00. The molecule has 0 aliphatic carbocycles. The molecule has 0 aliphatic rings. The van der Waals surface area contributed by atoms with Crippen LogP contribution in [0.3, 0.4) is 0 Å². The van der Waals surface area contributed by atoms with Crippen LogP contribution in [0, 0.1) is 6.92 Å². The molecule has 1 heterocycles. The molecule has 0 radical (unpaired) electrons. The van der Waals surface area contributed by atoms with Crippen LogP contribution in [0.2, 0.25) is 0 Å². The zero-order chi connectivity index (χ0) is 8.43. The standard InChI is InChI=1S/C8H10BrNO/c1-6-3-8(9)5-10(6)4-7(2)11/h3,5H,4H2,1-2H3. The number of aromatic nitrogens is 1. The van der Waals surface area contributed by atoms with E-state index in [1.54, 1.807) is 6.92 Å². The molecule has 1 rings (SSSR count). The summed E-state index contributed by atoms with van der Waals surface area (Å²) >= 11 is 3.34. The van der Waals surface area contributed by atoms with Gasteiger partial charge in [-0.2, -0.15) is 0 Å². The normalized spacial score (nSPS) is 10.1. The third-order valence-electron chi connectivity index (χ3n) is 1.47. The highest BCUT2D eigenvalue weighted by atomic mass is 79.9. The van der Waals surface area contributed by atoms with Crippen molar-refractivity contribution in [3.05, 3.63) is 22.4 Å². The van der Waals surface area contributed by atoms with Gasteiger partial charge in [-0.3, -0.25) is 4.79 Å². The second kappa shape index (κ2) is 3.22. The Hall–Kier alpha value is -0.570. The molecule has 1 aromatic heterocycles. The zero-order valence-electron chi connectivity index (χ0n) is 6.60. The highest BCUT2D eigenvalue weighted by Crippen LogP contribution is 2.13. The number of hydrogen-bond donors (Lipinski definition) is 0. The molecule has 0 aromatic carbocycles. The number of rotatable bonds is 2. The number of carbonyl (C=O) groups is 1. The van der Waals surface area contributed by atoms with Gasteiger partial charge in [-0.05, 0) is 35.8 Å². The van der Waals surface area contributed by atoms with E-state index in [1.807, 2.05) is 23.8 Å². The molecular formula is C8H10BrNO. The minimum Gasteiger partial charge on any atom is -0.343 e. The first kappa shape index (κ1) is 8.53. The molecule has 0 saturated heterocycles. The van der Waals surface area contributed by atoms with Crippen molar-refractivity contribution in [2.24, 2.45) is 0 Å². The zero-order valence-corrected chi connectivity index (χ0v) is 8.18. The number of nitrogens with zero attached hydrogens (tertiary/aromatic N) is 1. The summed E-state index contributed by atoms with van der Waals surface area (Å²) in [4.78, 5) is 10.7. The van der Waals surface area contributed by atoms with Crippen LogP contribution in [0.4, 0.5) is 0 Å². The number of Topliss-reactive ketones (excluding diaryl/α,β-unsaturated/α-hetero) is 1. The van der Waals surface area contributed by atoms with Crippen LogP contribution in [-0.4, -0.2) is 10.4 Å². The molecular weight excluding hydrogens is 206 g/mol. The molecule has 3 heteroatoms. The van der Waals surface area contributed by atoms with Crippen molar-refractivity contribution in [2.75, 3.05) is 0 Å². The van der Waals surface area contributed by atoms with Gasteiger partial charge in [0.25, 0.3) is 0 Å². The summed E-state index contributed by atoms with van der Waals surface area (Å²) in [5.41, 5.74) is 1.10. The smallest absolute Gasteiger partial charge is 0.149 e. The maximum atomic E-state index is 10.7. The summed E-state index contributed by atoms with van der Waals surface area (Å²) < 4.78 is 2.95. The van der Waals surface area contributed by atoms with Crippen LogP contribution in [-0.2, 0) is 11.3 Å². The van der Waals surface area contributed by atoms with Gasteiger partial charge in [-0.15, -0.1) is 0 Å². The quantitative estimate of drug-likeness (QED) is 0.742. The van der Waals surface area contributed by atoms with Crippen molar-refractivity contribution in [2.45, 2.75) is 20.4 Å². The van der Waals surface area contributed by atoms with Gasteiger partial charge >= 0.3 is 0 Å². The van der Waals surface area contributed by atoms with Gasteiger partial charge in [0.2, 0.25) is 0 Å². The Labute approximate surface area is 74.3 Å². The second-order valence-electron chi connectivity index (χ2n) is 2.63. The number of carbonyl (C=O) groups excluding carboxylic acids is 1. The first-order chi connectivity index (χ1) is 5.09. The molecule has 0 N–H and O–H groups in total. The molecule has 0 unspecified atom stereocenters. The number of ketones is 1. The predicted octanol–water partition coefficient (Wildman–Crippen LogP) is 2.15. The maximum absolute atomic E-state index is 10.7. The van der Waals surface area contributed by atoms with E-state index in [2.05, 4.69) is 15.9 Å². The fourth-order valence-corrected chi connectivity index (χ4v) is 1.56. The molecule has 0 fully saturated rings. The van der Waals surface area contributed by atoms with Crippen molar-refractivity contribution >= 4 is 21.7 Å². The van der Waals surface area contributed by atoms with Gasteiger partial charge in [0, 0.05) is 16.4 Å². The second-order valence-corrected chi connectivity index (χ2v) is 3.55. The van der Waals surface area contributed by atoms with Crippen LogP contribution in [0.1, 0.15) is 12.6 Å². The SMILES string of the molecule is CC(=O)Cn1cc(Br)cc1C. The van der Waals surface area contributed by atoms with E-state index < -0.39 is 0 Å². The van der Waals surface area contributed by atoms with Crippen molar-refractivity contribution in [3.63, 3.8) is 0 Å². The average molecular weight is 216 g/mol. The monoisotopic (exact) mass is 215 g/mol. The van der Waals surface area contributed by atoms with E-state index in [-0.39, 0.29) is 5.78 Å². The molecule has 0 amide bonds. The highest BCUT2D eigenvalue weighted by molar-refractivity contribution is 9.10. The van der Waals surface area contributed by atoms with Crippen molar-refractivity contribution < 1.29 is 4.79 Å². The minimum absolute atomic E-state index is 0.177. The van der Waals surface area contributed by atoms with Crippen molar-refractivity contribution in [1.82, 2.24) is 4.57 Å². The summed E-state index contributed by atoms with van der Waals surface area (Å²) in [7, 11) is 0. The van der Waals surface area contributed by atoms with Gasteiger partial charge in [0.1, 0.15) is 5.78 Å². The molecule has 1 aromatic rings. The summed E-state index contributed by atoms with van der Waals surface area (Å²) in [6.07, 6.45) is 1.91. The topological polar surface area (TPSA) is 22.0 Å². The fourth-order valence-electron chi connectivity index (χ4n) is 0.981. The Kier molecular flexibility index (Phi) is 2.49. The minimum atomic E-state index is 0.177. The van der Waals surface area contributed by atoms with Crippen molar-refractivity contribution in [1.29, 1.82) is 0 Å². The van der Waals surface area contributed by atoms with Crippen LogP contribution >= 0.6 is 15.9 Å². The first-order valence-corrected chi connectivity index (χ1v) is 4.20. The van der Waals surface area contributed by atoms with Gasteiger partial charge in [0.15, 0.2) is 0 Å². The molecule has 2 nitrogen and oxygen atoms in total. The molecule has 0 aliphatic heterocycles. The highest BCUT2D eigenvalue weighted by Gasteiger charge is 2.00. The largest absolute Gasteiger partial charge is 0.343 e. The lowest BCUT2D eigenvalue weighted by molar-refractivity contribution is -0.117. The van der Waals surface area contributed by atoms with Crippen molar-refractivity contribution in [3.8, 4) is 0 Å². The van der Waals surface area contributed by atoms with E-state index >= 15 is 0 Å². The molecule has 0 spiro atoms. The van der Waals surface area contributed by atoms with E-state index in [0.717, 1.165) is 10.2 Å². The Morgan fingerprint density at radius 3 is 2.73 bits per heavy atom. The molecule has 0 atom stereocenters. The van der Waals surface area contributed by atoms with Gasteiger partial charge < -0.3 is 4.57 Å². The number of halogens is 1. The van der Waals surface area contributed by atoms with Crippen LogP contribution in [0.25, 0.3) is 0 Å². The van der Waals surface area contributed by atoms with Gasteiger partial charge in [0.05, 0.1) is 6.54 Å². The lowest BCUT2D eigenvalue weighted by Crippen LogP contribution is -2.05. The van der Waals surface area contributed by atoms with E-state index in [9.17, 15) is 4.79 Å². The maximum Gasteiger partial charge on any atom is 0.149 e. The Bertz CT molecular complexity index is 278. The summed E-state index contributed by atoms with van der Waals surface area (Å²) in [6, 6.07) is 1.99.